The summed E-state index contributed by atoms with van der Waals surface area (Å²) in [5.41, 5.74) is 2.49. The Morgan fingerprint density at radius 3 is 1.86 bits per heavy atom. The zero-order valence-electron chi connectivity index (χ0n) is 14.7. The quantitative estimate of drug-likeness (QED) is 0.852. The zero-order valence-corrected chi connectivity index (χ0v) is 14.7. The highest BCUT2D eigenvalue weighted by molar-refractivity contribution is 5.84. The van der Waals surface area contributed by atoms with Crippen molar-refractivity contribution in [1.29, 1.82) is 0 Å². The lowest BCUT2D eigenvalue weighted by Crippen LogP contribution is -2.49. The fraction of sp³-hybridized carbons (Fsp3) is 0.632. The summed E-state index contributed by atoms with van der Waals surface area (Å²) >= 11 is 0. The number of likely N-dealkylation sites (N-methyl/N-ethyl adjacent to an activating group) is 1. The first-order chi connectivity index (χ1) is 10.4. The number of nitrogens with zero attached hydrogens (tertiary/aromatic N) is 2. The highest BCUT2D eigenvalue weighted by Gasteiger charge is 2.30. The molecule has 0 bridgehead atoms. The van der Waals surface area contributed by atoms with Gasteiger partial charge in [-0.05, 0) is 30.0 Å². The van der Waals surface area contributed by atoms with E-state index in [4.69, 9.17) is 0 Å². The zero-order chi connectivity index (χ0) is 16.3. The van der Waals surface area contributed by atoms with Gasteiger partial charge in [0.15, 0.2) is 0 Å². The largest absolute Gasteiger partial charge is 0.340 e. The fourth-order valence-corrected chi connectivity index (χ4v) is 3.12. The third-order valence-corrected chi connectivity index (χ3v) is 4.71. The number of hydrogen-bond donors (Lipinski definition) is 0. The van der Waals surface area contributed by atoms with Gasteiger partial charge in [0.2, 0.25) is 5.91 Å². The van der Waals surface area contributed by atoms with Crippen molar-refractivity contribution >= 4 is 5.91 Å². The molecule has 1 amide bonds. The van der Waals surface area contributed by atoms with Crippen molar-refractivity contribution in [3.05, 3.63) is 35.4 Å². The topological polar surface area (TPSA) is 23.6 Å². The second kappa shape index (κ2) is 7.28. The van der Waals surface area contributed by atoms with Crippen LogP contribution in [0.25, 0.3) is 0 Å². The van der Waals surface area contributed by atoms with Gasteiger partial charge in [-0.1, -0.05) is 52.0 Å². The molecular weight excluding hydrogens is 272 g/mol. The van der Waals surface area contributed by atoms with Crippen molar-refractivity contribution in [1.82, 2.24) is 9.80 Å². The van der Waals surface area contributed by atoms with Crippen LogP contribution >= 0.6 is 0 Å². The molecule has 122 valence electrons. The van der Waals surface area contributed by atoms with E-state index in [-0.39, 0.29) is 5.92 Å². The van der Waals surface area contributed by atoms with E-state index in [1.807, 2.05) is 4.90 Å². The van der Waals surface area contributed by atoms with Crippen LogP contribution < -0.4 is 0 Å². The molecule has 1 aliphatic heterocycles. The SMILES string of the molecule is CC(C)c1ccc(C(C(=O)N2CCN(C)CC2)C(C)C)cc1. The molecular formula is C19H30N2O. The van der Waals surface area contributed by atoms with Gasteiger partial charge in [-0.3, -0.25) is 4.79 Å². The van der Waals surface area contributed by atoms with E-state index in [0.717, 1.165) is 31.7 Å². The molecule has 3 nitrogen and oxygen atoms in total. The van der Waals surface area contributed by atoms with Crippen LogP contribution in [0.4, 0.5) is 0 Å². The van der Waals surface area contributed by atoms with E-state index in [0.29, 0.717) is 17.7 Å². The molecule has 1 saturated heterocycles. The maximum atomic E-state index is 13.0. The van der Waals surface area contributed by atoms with Crippen LogP contribution in [0.3, 0.4) is 0 Å². The molecule has 1 aromatic carbocycles. The summed E-state index contributed by atoms with van der Waals surface area (Å²) in [5, 5.41) is 0. The van der Waals surface area contributed by atoms with E-state index in [9.17, 15) is 4.79 Å². The molecule has 0 aromatic heterocycles. The maximum absolute atomic E-state index is 13.0. The van der Waals surface area contributed by atoms with Gasteiger partial charge in [-0.2, -0.15) is 0 Å². The van der Waals surface area contributed by atoms with Crippen molar-refractivity contribution in [2.45, 2.75) is 39.5 Å². The van der Waals surface area contributed by atoms with Gasteiger partial charge in [-0.15, -0.1) is 0 Å². The van der Waals surface area contributed by atoms with Crippen LogP contribution in [0.5, 0.6) is 0 Å². The average Bonchev–Trinajstić information content (AvgIpc) is 2.48. The van der Waals surface area contributed by atoms with Crippen molar-refractivity contribution < 1.29 is 4.79 Å². The number of amides is 1. The third-order valence-electron chi connectivity index (χ3n) is 4.71. The first kappa shape index (κ1) is 17.0. The molecule has 0 N–H and O–H groups in total. The standard InChI is InChI=1S/C19H30N2O/c1-14(2)16-6-8-17(9-7-16)18(15(3)4)19(22)21-12-10-20(5)11-13-21/h6-9,14-15,18H,10-13H2,1-5H3. The summed E-state index contributed by atoms with van der Waals surface area (Å²) in [4.78, 5) is 17.3. The number of carbonyl (C=O) groups excluding carboxylic acids is 1. The van der Waals surface area contributed by atoms with Crippen LogP contribution in [0, 0.1) is 5.92 Å². The van der Waals surface area contributed by atoms with Crippen molar-refractivity contribution in [3.8, 4) is 0 Å². The van der Waals surface area contributed by atoms with E-state index in [1.165, 1.54) is 5.56 Å². The second-order valence-corrected chi connectivity index (χ2v) is 7.17. The van der Waals surface area contributed by atoms with E-state index < -0.39 is 0 Å². The van der Waals surface area contributed by atoms with Crippen LogP contribution in [0.2, 0.25) is 0 Å². The predicted octanol–water partition coefficient (Wildman–Crippen LogP) is 3.32. The molecule has 1 atom stereocenters. The monoisotopic (exact) mass is 302 g/mol. The number of carbonyl (C=O) groups is 1. The Hall–Kier alpha value is -1.35. The Morgan fingerprint density at radius 2 is 1.41 bits per heavy atom. The average molecular weight is 302 g/mol. The Labute approximate surface area is 135 Å². The first-order valence-corrected chi connectivity index (χ1v) is 8.47. The minimum atomic E-state index is -0.0235. The summed E-state index contributed by atoms with van der Waals surface area (Å²) in [7, 11) is 2.12. The van der Waals surface area contributed by atoms with Crippen molar-refractivity contribution in [2.24, 2.45) is 5.92 Å². The van der Waals surface area contributed by atoms with Crippen LogP contribution in [0.1, 0.15) is 50.7 Å². The lowest BCUT2D eigenvalue weighted by molar-refractivity contribution is -0.135. The number of benzene rings is 1. The second-order valence-electron chi connectivity index (χ2n) is 7.17. The van der Waals surface area contributed by atoms with Gasteiger partial charge in [0.1, 0.15) is 0 Å². The third kappa shape index (κ3) is 3.89. The maximum Gasteiger partial charge on any atom is 0.230 e. The summed E-state index contributed by atoms with van der Waals surface area (Å²) < 4.78 is 0. The Balaban J connectivity index is 2.17. The smallest absolute Gasteiger partial charge is 0.230 e. The minimum Gasteiger partial charge on any atom is -0.340 e. The van der Waals surface area contributed by atoms with Gasteiger partial charge in [0.05, 0.1) is 5.92 Å². The van der Waals surface area contributed by atoms with Crippen molar-refractivity contribution in [2.75, 3.05) is 33.2 Å². The molecule has 1 fully saturated rings. The van der Waals surface area contributed by atoms with Crippen LogP contribution in [0.15, 0.2) is 24.3 Å². The molecule has 1 heterocycles. The number of piperazine rings is 1. The normalized spacial score (nSPS) is 18.0. The predicted molar refractivity (Wildman–Crippen MR) is 92.2 cm³/mol. The highest BCUT2D eigenvalue weighted by Crippen LogP contribution is 2.28. The van der Waals surface area contributed by atoms with Gasteiger partial charge < -0.3 is 9.80 Å². The molecule has 0 spiro atoms. The first-order valence-electron chi connectivity index (χ1n) is 8.47. The molecule has 1 aromatic rings. The van der Waals surface area contributed by atoms with Gasteiger partial charge >= 0.3 is 0 Å². The molecule has 3 heteroatoms. The minimum absolute atomic E-state index is 0.0235. The molecule has 0 saturated carbocycles. The molecule has 1 unspecified atom stereocenters. The van der Waals surface area contributed by atoms with Crippen LogP contribution in [-0.4, -0.2) is 48.9 Å². The molecule has 22 heavy (non-hydrogen) atoms. The van der Waals surface area contributed by atoms with Gasteiger partial charge in [0.25, 0.3) is 0 Å². The Morgan fingerprint density at radius 1 is 0.909 bits per heavy atom. The van der Waals surface area contributed by atoms with Crippen LogP contribution in [-0.2, 0) is 4.79 Å². The van der Waals surface area contributed by atoms with E-state index >= 15 is 0 Å². The lowest BCUT2D eigenvalue weighted by Gasteiger charge is -2.35. The summed E-state index contributed by atoms with van der Waals surface area (Å²) in [6, 6.07) is 8.64. The van der Waals surface area contributed by atoms with Gasteiger partial charge in [0, 0.05) is 26.2 Å². The number of rotatable bonds is 4. The van der Waals surface area contributed by atoms with E-state index in [2.05, 4.69) is 63.9 Å². The van der Waals surface area contributed by atoms with Crippen molar-refractivity contribution in [3.63, 3.8) is 0 Å². The molecule has 0 radical (unpaired) electrons. The highest BCUT2D eigenvalue weighted by atomic mass is 16.2. The summed E-state index contributed by atoms with van der Waals surface area (Å²) in [5.74, 6) is 1.11. The van der Waals surface area contributed by atoms with E-state index in [1.54, 1.807) is 0 Å². The Bertz CT molecular complexity index is 485. The lowest BCUT2D eigenvalue weighted by atomic mass is 9.86. The Kier molecular flexibility index (Phi) is 5.63. The molecule has 2 rings (SSSR count). The number of hydrogen-bond acceptors (Lipinski definition) is 2. The summed E-state index contributed by atoms with van der Waals surface area (Å²) in [6.45, 7) is 12.3. The summed E-state index contributed by atoms with van der Waals surface area (Å²) in [6.07, 6.45) is 0. The molecule has 1 aliphatic rings. The molecule has 0 aliphatic carbocycles. The fourth-order valence-electron chi connectivity index (χ4n) is 3.12. The van der Waals surface area contributed by atoms with Gasteiger partial charge in [-0.25, -0.2) is 0 Å².